The van der Waals surface area contributed by atoms with Crippen molar-refractivity contribution in [1.29, 1.82) is 0 Å². The second kappa shape index (κ2) is 4.80. The summed E-state index contributed by atoms with van der Waals surface area (Å²) in [6.07, 6.45) is 4.91. The highest BCUT2D eigenvalue weighted by atomic mass is 35.5. The van der Waals surface area contributed by atoms with E-state index in [9.17, 15) is 0 Å². The van der Waals surface area contributed by atoms with Crippen molar-refractivity contribution >= 4 is 40.2 Å². The first-order valence-corrected chi connectivity index (χ1v) is 6.80. The van der Waals surface area contributed by atoms with Gasteiger partial charge in [0.1, 0.15) is 10.0 Å². The Morgan fingerprint density at radius 2 is 1.95 bits per heavy atom. The van der Waals surface area contributed by atoms with E-state index in [-0.39, 0.29) is 0 Å². The van der Waals surface area contributed by atoms with Crippen LogP contribution in [0.2, 0.25) is 8.67 Å². The largest absolute Gasteiger partial charge is 0.396 e. The Labute approximate surface area is 122 Å². The third-order valence-electron chi connectivity index (χ3n) is 2.41. The minimum absolute atomic E-state index is 0.442. The summed E-state index contributed by atoms with van der Waals surface area (Å²) in [5.74, 6) is 0.442. The molecule has 3 aromatic rings. The zero-order chi connectivity index (χ0) is 13.4. The average Bonchev–Trinajstić information content (AvgIpc) is 2.93. The number of hydrogen-bond donors (Lipinski definition) is 1. The lowest BCUT2D eigenvalue weighted by Crippen LogP contribution is -2.00. The molecule has 0 spiro atoms. The quantitative estimate of drug-likeness (QED) is 0.788. The van der Waals surface area contributed by atoms with Crippen molar-refractivity contribution in [2.45, 2.75) is 0 Å². The van der Waals surface area contributed by atoms with E-state index in [1.807, 2.05) is 0 Å². The topological polar surface area (TPSA) is 69.6 Å². The second-order valence-electron chi connectivity index (χ2n) is 3.66. The number of thiophene rings is 1. The van der Waals surface area contributed by atoms with Crippen LogP contribution < -0.4 is 5.73 Å². The highest BCUT2D eigenvalue weighted by Gasteiger charge is 2.16. The Kier molecular flexibility index (Phi) is 3.14. The monoisotopic (exact) mass is 311 g/mol. The molecule has 0 fully saturated rings. The van der Waals surface area contributed by atoms with Crippen LogP contribution in [0.15, 0.2) is 30.7 Å². The van der Waals surface area contributed by atoms with E-state index in [4.69, 9.17) is 28.9 Å². The molecule has 19 heavy (non-hydrogen) atoms. The fourth-order valence-electron chi connectivity index (χ4n) is 1.61. The highest BCUT2D eigenvalue weighted by Crippen LogP contribution is 2.39. The van der Waals surface area contributed by atoms with E-state index in [0.29, 0.717) is 31.6 Å². The number of anilines is 1. The normalized spacial score (nSPS) is 10.8. The Bertz CT molecular complexity index is 722. The molecule has 0 saturated heterocycles. The van der Waals surface area contributed by atoms with Crippen LogP contribution in [0, 0.1) is 0 Å². The third kappa shape index (κ3) is 2.30. The fraction of sp³-hybridized carbons (Fsp3) is 0. The number of nitrogen functional groups attached to an aromatic ring is 1. The van der Waals surface area contributed by atoms with E-state index < -0.39 is 0 Å². The van der Waals surface area contributed by atoms with Crippen LogP contribution in [0.1, 0.15) is 0 Å². The average molecular weight is 312 g/mol. The van der Waals surface area contributed by atoms with Crippen LogP contribution in [-0.4, -0.2) is 19.7 Å². The smallest absolute Gasteiger partial charge is 0.250 e. The van der Waals surface area contributed by atoms with Gasteiger partial charge < -0.3 is 5.73 Å². The van der Waals surface area contributed by atoms with Gasteiger partial charge in [-0.1, -0.05) is 23.2 Å². The molecule has 5 nitrogen and oxygen atoms in total. The molecule has 0 amide bonds. The van der Waals surface area contributed by atoms with Gasteiger partial charge in [-0.15, -0.1) is 11.3 Å². The molecule has 0 aliphatic heterocycles. The molecule has 0 aliphatic rings. The van der Waals surface area contributed by atoms with Crippen molar-refractivity contribution in [1.82, 2.24) is 19.7 Å². The molecule has 2 N–H and O–H groups in total. The zero-order valence-corrected chi connectivity index (χ0v) is 11.7. The molecule has 3 rings (SSSR count). The lowest BCUT2D eigenvalue weighted by Gasteiger charge is -1.96. The fourth-order valence-corrected chi connectivity index (χ4v) is 3.08. The van der Waals surface area contributed by atoms with Crippen molar-refractivity contribution in [2.24, 2.45) is 0 Å². The van der Waals surface area contributed by atoms with Crippen molar-refractivity contribution in [3.8, 4) is 17.2 Å². The van der Waals surface area contributed by atoms with Crippen LogP contribution in [0.25, 0.3) is 17.2 Å². The number of nitrogens with zero attached hydrogens (tertiary/aromatic N) is 4. The maximum absolute atomic E-state index is 6.10. The lowest BCUT2D eigenvalue weighted by atomic mass is 10.2. The first-order valence-electron chi connectivity index (χ1n) is 5.23. The number of hydrogen-bond acceptors (Lipinski definition) is 5. The van der Waals surface area contributed by atoms with Crippen LogP contribution in [0.3, 0.4) is 0 Å². The second-order valence-corrected chi connectivity index (χ2v) is 5.95. The number of rotatable bonds is 2. The minimum Gasteiger partial charge on any atom is -0.396 e. The molecule has 3 aromatic heterocycles. The lowest BCUT2D eigenvalue weighted by molar-refractivity contribution is 0.811. The Hall–Kier alpha value is -1.63. The van der Waals surface area contributed by atoms with Gasteiger partial charge in [0, 0.05) is 18.0 Å². The number of halogens is 2. The van der Waals surface area contributed by atoms with E-state index in [0.717, 1.165) is 0 Å². The summed E-state index contributed by atoms with van der Waals surface area (Å²) in [6.45, 7) is 0. The Morgan fingerprint density at radius 3 is 2.58 bits per heavy atom. The van der Waals surface area contributed by atoms with Gasteiger partial charge in [-0.2, -0.15) is 5.10 Å². The van der Waals surface area contributed by atoms with E-state index in [1.165, 1.54) is 16.0 Å². The van der Waals surface area contributed by atoms with Crippen molar-refractivity contribution < 1.29 is 0 Å². The summed E-state index contributed by atoms with van der Waals surface area (Å²) in [6, 6.07) is 3.47. The van der Waals surface area contributed by atoms with E-state index in [2.05, 4.69) is 15.1 Å². The molecule has 0 aromatic carbocycles. The van der Waals surface area contributed by atoms with Gasteiger partial charge in [0.25, 0.3) is 5.95 Å². The summed E-state index contributed by atoms with van der Waals surface area (Å²) in [7, 11) is 0. The van der Waals surface area contributed by atoms with E-state index in [1.54, 1.807) is 30.7 Å². The number of nitrogens with two attached hydrogens (primary N) is 1. The van der Waals surface area contributed by atoms with Gasteiger partial charge in [-0.3, -0.25) is 0 Å². The van der Waals surface area contributed by atoms with Crippen LogP contribution in [0.4, 0.5) is 5.69 Å². The van der Waals surface area contributed by atoms with Gasteiger partial charge in [0.05, 0.1) is 16.2 Å². The first kappa shape index (κ1) is 12.4. The summed E-state index contributed by atoms with van der Waals surface area (Å²) in [5.41, 5.74) is 7.72. The van der Waals surface area contributed by atoms with Crippen LogP contribution in [-0.2, 0) is 0 Å². The molecular weight excluding hydrogens is 305 g/mol. The van der Waals surface area contributed by atoms with E-state index >= 15 is 0 Å². The predicted molar refractivity (Wildman–Crippen MR) is 76.9 cm³/mol. The molecule has 0 atom stereocenters. The number of aromatic nitrogens is 4. The third-order valence-corrected chi connectivity index (χ3v) is 3.90. The van der Waals surface area contributed by atoms with Crippen molar-refractivity contribution in [3.05, 3.63) is 39.4 Å². The molecular formula is C11H7Cl2N5S. The van der Waals surface area contributed by atoms with Crippen LogP contribution in [0.5, 0.6) is 0 Å². The van der Waals surface area contributed by atoms with Gasteiger partial charge >= 0.3 is 0 Å². The standard InChI is InChI=1S/C11H7Cl2N5S/c12-8-4-6(10(13)19-8)9-7(14)5-18(17-9)11-15-2-1-3-16-11/h1-5H,14H2. The summed E-state index contributed by atoms with van der Waals surface area (Å²) < 4.78 is 2.65. The molecule has 0 aliphatic carbocycles. The highest BCUT2D eigenvalue weighted by molar-refractivity contribution is 7.20. The van der Waals surface area contributed by atoms with Crippen molar-refractivity contribution in [2.75, 3.05) is 5.73 Å². The maximum atomic E-state index is 6.10. The van der Waals surface area contributed by atoms with Crippen LogP contribution >= 0.6 is 34.5 Å². The molecule has 96 valence electrons. The zero-order valence-electron chi connectivity index (χ0n) is 9.42. The Morgan fingerprint density at radius 1 is 1.21 bits per heavy atom. The predicted octanol–water partition coefficient (Wildman–Crippen LogP) is 3.28. The molecule has 0 radical (unpaired) electrons. The molecule has 0 unspecified atom stereocenters. The summed E-state index contributed by atoms with van der Waals surface area (Å²) >= 11 is 13.3. The minimum atomic E-state index is 0.442. The van der Waals surface area contributed by atoms with Gasteiger partial charge in [0.2, 0.25) is 0 Å². The van der Waals surface area contributed by atoms with Gasteiger partial charge in [-0.05, 0) is 12.1 Å². The molecule has 0 saturated carbocycles. The van der Waals surface area contributed by atoms with Crippen molar-refractivity contribution in [3.63, 3.8) is 0 Å². The Balaban J connectivity index is 2.10. The summed E-state index contributed by atoms with van der Waals surface area (Å²) in [4.78, 5) is 8.20. The van der Waals surface area contributed by atoms with Gasteiger partial charge in [-0.25, -0.2) is 14.6 Å². The van der Waals surface area contributed by atoms with Gasteiger partial charge in [0.15, 0.2) is 0 Å². The summed E-state index contributed by atoms with van der Waals surface area (Å²) in [5, 5.41) is 4.35. The first-order chi connectivity index (χ1) is 9.15. The molecule has 8 heteroatoms. The SMILES string of the molecule is Nc1cn(-c2ncccn2)nc1-c1cc(Cl)sc1Cl. The maximum Gasteiger partial charge on any atom is 0.250 e. The molecule has 0 bridgehead atoms. The molecule has 3 heterocycles.